The third kappa shape index (κ3) is 5.20. The van der Waals surface area contributed by atoms with E-state index >= 15 is 0 Å². The van der Waals surface area contributed by atoms with E-state index in [0.29, 0.717) is 18.5 Å². The van der Waals surface area contributed by atoms with Gasteiger partial charge in [0.2, 0.25) is 5.91 Å². The first-order valence-electron chi connectivity index (χ1n) is 7.70. The van der Waals surface area contributed by atoms with E-state index < -0.39 is 0 Å². The highest BCUT2D eigenvalue weighted by Gasteiger charge is 2.25. The lowest BCUT2D eigenvalue weighted by Gasteiger charge is -2.32. The molecular weight excluding hydrogens is 262 g/mol. The van der Waals surface area contributed by atoms with Crippen LogP contribution in [0.5, 0.6) is 0 Å². The van der Waals surface area contributed by atoms with Gasteiger partial charge in [0, 0.05) is 6.04 Å². The molecule has 112 valence electrons. The van der Waals surface area contributed by atoms with Crippen LogP contribution in [0.25, 0.3) is 0 Å². The van der Waals surface area contributed by atoms with Crippen molar-refractivity contribution in [3.05, 3.63) is 35.9 Å². The molecule has 4 nitrogen and oxygen atoms in total. The maximum absolute atomic E-state index is 11.6. The van der Waals surface area contributed by atoms with Crippen LogP contribution in [0.4, 0.5) is 0 Å². The predicted molar refractivity (Wildman–Crippen MR) is 82.5 cm³/mol. The molecule has 2 rings (SSSR count). The minimum absolute atomic E-state index is 0.0820. The number of nitriles is 1. The number of hydrogen-bond acceptors (Lipinski definition) is 3. The van der Waals surface area contributed by atoms with Crippen LogP contribution in [-0.2, 0) is 11.2 Å². The van der Waals surface area contributed by atoms with Gasteiger partial charge in [-0.2, -0.15) is 5.26 Å². The Morgan fingerprint density at radius 3 is 2.76 bits per heavy atom. The summed E-state index contributed by atoms with van der Waals surface area (Å²) in [5.74, 6) is 0.491. The number of rotatable bonds is 6. The van der Waals surface area contributed by atoms with Crippen LogP contribution < -0.4 is 10.6 Å². The molecule has 1 fully saturated rings. The van der Waals surface area contributed by atoms with Crippen molar-refractivity contribution >= 4 is 5.91 Å². The van der Waals surface area contributed by atoms with E-state index in [0.717, 1.165) is 12.8 Å². The van der Waals surface area contributed by atoms with E-state index in [1.54, 1.807) is 0 Å². The van der Waals surface area contributed by atoms with Gasteiger partial charge in [-0.25, -0.2) is 0 Å². The lowest BCUT2D eigenvalue weighted by molar-refractivity contribution is -0.120. The molecule has 0 bridgehead atoms. The molecule has 2 N–H and O–H groups in total. The van der Waals surface area contributed by atoms with Crippen molar-refractivity contribution < 1.29 is 4.79 Å². The van der Waals surface area contributed by atoms with Gasteiger partial charge in [-0.3, -0.25) is 4.79 Å². The third-order valence-corrected chi connectivity index (χ3v) is 4.14. The summed E-state index contributed by atoms with van der Waals surface area (Å²) in [5.41, 5.74) is 1.37. The van der Waals surface area contributed by atoms with E-state index in [4.69, 9.17) is 5.26 Å². The zero-order valence-electron chi connectivity index (χ0n) is 12.3. The van der Waals surface area contributed by atoms with Crippen LogP contribution in [0.2, 0.25) is 0 Å². The highest BCUT2D eigenvalue weighted by atomic mass is 16.1. The molecule has 1 aromatic carbocycles. The first-order chi connectivity index (χ1) is 10.3. The van der Waals surface area contributed by atoms with Gasteiger partial charge >= 0.3 is 0 Å². The highest BCUT2D eigenvalue weighted by Crippen LogP contribution is 2.27. The Morgan fingerprint density at radius 2 is 2.00 bits per heavy atom. The number of amides is 1. The molecule has 1 aliphatic carbocycles. The summed E-state index contributed by atoms with van der Waals surface area (Å²) in [6.45, 7) is 0.385. The second-order valence-electron chi connectivity index (χ2n) is 5.66. The number of nitrogens with one attached hydrogen (secondary N) is 2. The summed E-state index contributed by atoms with van der Waals surface area (Å²) in [4.78, 5) is 11.6. The van der Waals surface area contributed by atoms with Crippen molar-refractivity contribution in [2.45, 2.75) is 38.1 Å². The zero-order chi connectivity index (χ0) is 14.9. The van der Waals surface area contributed by atoms with Gasteiger partial charge in [0.15, 0.2) is 0 Å². The standard InChI is InChI=1S/C17H23N3O/c18-10-11-19-17(21)13-20-16-9-5-4-8-15(16)12-14-6-2-1-3-7-14/h1-3,6-7,15-16,20H,4-5,8-9,11-13H2,(H,19,21)/t15-,16+/m1/s1. The molecule has 1 aliphatic rings. The summed E-state index contributed by atoms with van der Waals surface area (Å²) in [6, 6.07) is 12.9. The van der Waals surface area contributed by atoms with Crippen molar-refractivity contribution in [2.24, 2.45) is 5.92 Å². The molecule has 1 aromatic rings. The number of carbonyl (C=O) groups excluding carboxylic acids is 1. The van der Waals surface area contributed by atoms with Gasteiger partial charge in [-0.05, 0) is 30.7 Å². The lowest BCUT2D eigenvalue weighted by atomic mass is 9.80. The summed E-state index contributed by atoms with van der Waals surface area (Å²) >= 11 is 0. The number of benzene rings is 1. The molecule has 0 saturated heterocycles. The Morgan fingerprint density at radius 1 is 1.24 bits per heavy atom. The van der Waals surface area contributed by atoms with Gasteiger partial charge in [-0.1, -0.05) is 43.2 Å². The predicted octanol–water partition coefficient (Wildman–Crippen LogP) is 2.02. The molecule has 0 unspecified atom stereocenters. The number of hydrogen-bond donors (Lipinski definition) is 2. The molecule has 0 heterocycles. The van der Waals surface area contributed by atoms with E-state index in [1.165, 1.54) is 24.8 Å². The van der Waals surface area contributed by atoms with Crippen molar-refractivity contribution in [1.82, 2.24) is 10.6 Å². The lowest BCUT2D eigenvalue weighted by Crippen LogP contribution is -2.44. The summed E-state index contributed by atoms with van der Waals surface area (Å²) in [5, 5.41) is 14.4. The average molecular weight is 285 g/mol. The smallest absolute Gasteiger partial charge is 0.234 e. The first-order valence-corrected chi connectivity index (χ1v) is 7.70. The molecule has 0 aromatic heterocycles. The van der Waals surface area contributed by atoms with Crippen LogP contribution in [0.15, 0.2) is 30.3 Å². The Bertz CT molecular complexity index is 481. The normalized spacial score (nSPS) is 21.5. The molecule has 0 spiro atoms. The summed E-state index contributed by atoms with van der Waals surface area (Å²) in [7, 11) is 0. The fourth-order valence-electron chi connectivity index (χ4n) is 3.06. The average Bonchev–Trinajstić information content (AvgIpc) is 2.53. The molecule has 4 heteroatoms. The Kier molecular flexibility index (Phi) is 6.23. The summed E-state index contributed by atoms with van der Waals surface area (Å²) < 4.78 is 0. The molecular formula is C17H23N3O. The second-order valence-corrected chi connectivity index (χ2v) is 5.66. The fraction of sp³-hybridized carbons (Fsp3) is 0.529. The Hall–Kier alpha value is -1.86. The fourth-order valence-corrected chi connectivity index (χ4v) is 3.06. The molecule has 1 saturated carbocycles. The van der Waals surface area contributed by atoms with Crippen LogP contribution in [0.3, 0.4) is 0 Å². The van der Waals surface area contributed by atoms with Crippen molar-refractivity contribution in [1.29, 1.82) is 5.26 Å². The molecule has 1 amide bonds. The van der Waals surface area contributed by atoms with E-state index in [-0.39, 0.29) is 12.5 Å². The van der Waals surface area contributed by atoms with Crippen molar-refractivity contribution in [3.8, 4) is 6.07 Å². The minimum Gasteiger partial charge on any atom is -0.342 e. The van der Waals surface area contributed by atoms with E-state index in [1.807, 2.05) is 12.1 Å². The molecule has 0 radical (unpaired) electrons. The van der Waals surface area contributed by atoms with Crippen molar-refractivity contribution in [2.75, 3.05) is 13.1 Å². The third-order valence-electron chi connectivity index (χ3n) is 4.14. The van der Waals surface area contributed by atoms with E-state index in [9.17, 15) is 4.79 Å². The minimum atomic E-state index is -0.0967. The topological polar surface area (TPSA) is 64.9 Å². The summed E-state index contributed by atoms with van der Waals surface area (Å²) in [6.07, 6.45) is 5.91. The Labute approximate surface area is 126 Å². The van der Waals surface area contributed by atoms with Crippen LogP contribution >= 0.6 is 0 Å². The van der Waals surface area contributed by atoms with Gasteiger partial charge in [-0.15, -0.1) is 0 Å². The Balaban J connectivity index is 1.84. The maximum atomic E-state index is 11.6. The monoisotopic (exact) mass is 285 g/mol. The number of carbonyl (C=O) groups is 1. The number of nitrogens with zero attached hydrogens (tertiary/aromatic N) is 1. The first kappa shape index (κ1) is 15.5. The van der Waals surface area contributed by atoms with Crippen molar-refractivity contribution in [3.63, 3.8) is 0 Å². The molecule has 21 heavy (non-hydrogen) atoms. The molecule has 0 aliphatic heterocycles. The zero-order valence-corrected chi connectivity index (χ0v) is 12.3. The van der Waals surface area contributed by atoms with Crippen LogP contribution in [0.1, 0.15) is 31.2 Å². The van der Waals surface area contributed by atoms with Crippen LogP contribution in [0, 0.1) is 17.2 Å². The second kappa shape index (κ2) is 8.43. The SMILES string of the molecule is N#CCNC(=O)CN[C@H]1CCCC[C@@H]1Cc1ccccc1. The van der Waals surface area contributed by atoms with Gasteiger partial charge in [0.05, 0.1) is 12.6 Å². The van der Waals surface area contributed by atoms with Gasteiger partial charge < -0.3 is 10.6 Å². The van der Waals surface area contributed by atoms with Crippen LogP contribution in [-0.4, -0.2) is 25.0 Å². The molecule has 2 atom stereocenters. The maximum Gasteiger partial charge on any atom is 0.234 e. The van der Waals surface area contributed by atoms with Gasteiger partial charge in [0.1, 0.15) is 6.54 Å². The quantitative estimate of drug-likeness (QED) is 0.786. The van der Waals surface area contributed by atoms with Gasteiger partial charge in [0.25, 0.3) is 0 Å². The van der Waals surface area contributed by atoms with E-state index in [2.05, 4.69) is 34.9 Å². The largest absolute Gasteiger partial charge is 0.342 e. The highest BCUT2D eigenvalue weighted by molar-refractivity contribution is 5.78.